The number of nitrogens with zero attached hydrogens (tertiary/aromatic N) is 2. The van der Waals surface area contributed by atoms with Crippen molar-refractivity contribution < 1.29 is 9.90 Å². The Morgan fingerprint density at radius 3 is 3.08 bits per heavy atom. The number of nitrogens with one attached hydrogen (secondary N) is 1. The van der Waals surface area contributed by atoms with E-state index in [0.717, 1.165) is 0 Å². The summed E-state index contributed by atoms with van der Waals surface area (Å²) in [6, 6.07) is 0. The van der Waals surface area contributed by atoms with Gasteiger partial charge in [-0.05, 0) is 7.05 Å². The van der Waals surface area contributed by atoms with E-state index in [0.29, 0.717) is 12.2 Å². The van der Waals surface area contributed by atoms with Crippen molar-refractivity contribution in [2.75, 3.05) is 7.05 Å². The van der Waals surface area contributed by atoms with Gasteiger partial charge in [-0.3, -0.25) is 0 Å². The summed E-state index contributed by atoms with van der Waals surface area (Å²) in [6.45, 7) is 0.435. The topological polar surface area (TPSA) is 75.1 Å². The van der Waals surface area contributed by atoms with Crippen LogP contribution in [0.4, 0.5) is 0 Å². The summed E-state index contributed by atoms with van der Waals surface area (Å²) < 4.78 is 0. The van der Waals surface area contributed by atoms with E-state index in [1.165, 1.54) is 12.5 Å². The number of carbonyl (C=O) groups is 1. The molecule has 2 N–H and O–H groups in total. The van der Waals surface area contributed by atoms with Gasteiger partial charge in [0.2, 0.25) is 0 Å². The Labute approximate surface area is 69.5 Å². The van der Waals surface area contributed by atoms with Crippen LogP contribution in [0.15, 0.2) is 12.5 Å². The maximum absolute atomic E-state index is 10.6. The first-order valence-corrected chi connectivity index (χ1v) is 3.42. The van der Waals surface area contributed by atoms with Gasteiger partial charge in [0.05, 0.1) is 5.69 Å². The van der Waals surface area contributed by atoms with Crippen molar-refractivity contribution in [2.45, 2.75) is 6.54 Å². The molecule has 5 nitrogen and oxygen atoms in total. The fourth-order valence-electron chi connectivity index (χ4n) is 0.842. The third-order valence-corrected chi connectivity index (χ3v) is 1.37. The lowest BCUT2D eigenvalue weighted by molar-refractivity contribution is 0.0694. The largest absolute Gasteiger partial charge is 0.478 e. The predicted octanol–water partition coefficient (Wildman–Crippen LogP) is -0.106. The molecule has 0 spiro atoms. The molecular weight excluding hydrogens is 158 g/mol. The van der Waals surface area contributed by atoms with Crippen LogP contribution in [0.3, 0.4) is 0 Å². The van der Waals surface area contributed by atoms with Gasteiger partial charge in [0, 0.05) is 12.7 Å². The molecule has 0 bridgehead atoms. The quantitative estimate of drug-likeness (QED) is 0.657. The van der Waals surface area contributed by atoms with E-state index in [2.05, 4.69) is 15.3 Å². The van der Waals surface area contributed by atoms with Gasteiger partial charge in [-0.1, -0.05) is 0 Å². The minimum absolute atomic E-state index is 0.145. The molecule has 0 unspecified atom stereocenters. The number of hydrogen-bond acceptors (Lipinski definition) is 4. The van der Waals surface area contributed by atoms with E-state index in [1.807, 2.05) is 0 Å². The molecule has 0 saturated carbocycles. The van der Waals surface area contributed by atoms with E-state index in [-0.39, 0.29) is 5.56 Å². The zero-order chi connectivity index (χ0) is 8.97. The Balaban J connectivity index is 3.00. The highest BCUT2D eigenvalue weighted by Gasteiger charge is 2.09. The maximum atomic E-state index is 10.6. The predicted molar refractivity (Wildman–Crippen MR) is 41.8 cm³/mol. The minimum Gasteiger partial charge on any atom is -0.478 e. The van der Waals surface area contributed by atoms with Crippen LogP contribution in [0, 0.1) is 0 Å². The molecule has 0 aliphatic rings. The number of rotatable bonds is 3. The van der Waals surface area contributed by atoms with Crippen LogP contribution >= 0.6 is 0 Å². The summed E-state index contributed by atoms with van der Waals surface area (Å²) in [4.78, 5) is 18.1. The summed E-state index contributed by atoms with van der Waals surface area (Å²) in [5, 5.41) is 11.5. The average molecular weight is 167 g/mol. The Bertz CT molecular complexity index is 288. The monoisotopic (exact) mass is 167 g/mol. The highest BCUT2D eigenvalue weighted by atomic mass is 16.4. The first-order valence-electron chi connectivity index (χ1n) is 3.42. The van der Waals surface area contributed by atoms with Crippen molar-refractivity contribution in [3.05, 3.63) is 23.8 Å². The molecule has 0 aromatic carbocycles. The normalized spacial score (nSPS) is 9.75. The molecule has 0 atom stereocenters. The minimum atomic E-state index is -0.999. The SMILES string of the molecule is CNCc1ncncc1C(=O)O. The van der Waals surface area contributed by atoms with Crippen molar-refractivity contribution in [1.29, 1.82) is 0 Å². The molecule has 1 heterocycles. The molecule has 5 heteroatoms. The van der Waals surface area contributed by atoms with E-state index in [9.17, 15) is 4.79 Å². The highest BCUT2D eigenvalue weighted by Crippen LogP contribution is 2.02. The number of carboxylic acid groups (broad SMARTS) is 1. The van der Waals surface area contributed by atoms with Crippen molar-refractivity contribution in [3.63, 3.8) is 0 Å². The van der Waals surface area contributed by atoms with Crippen LogP contribution in [-0.2, 0) is 6.54 Å². The van der Waals surface area contributed by atoms with Crippen LogP contribution < -0.4 is 5.32 Å². The molecule has 64 valence electrons. The zero-order valence-corrected chi connectivity index (χ0v) is 6.61. The maximum Gasteiger partial charge on any atom is 0.339 e. The van der Waals surface area contributed by atoms with Crippen LogP contribution in [0.5, 0.6) is 0 Å². The number of hydrogen-bond donors (Lipinski definition) is 2. The summed E-state index contributed by atoms with van der Waals surface area (Å²) in [6.07, 6.45) is 2.63. The van der Waals surface area contributed by atoms with Gasteiger partial charge in [0.1, 0.15) is 11.9 Å². The smallest absolute Gasteiger partial charge is 0.339 e. The first-order chi connectivity index (χ1) is 5.75. The third-order valence-electron chi connectivity index (χ3n) is 1.37. The fourth-order valence-corrected chi connectivity index (χ4v) is 0.842. The molecule has 1 aromatic rings. The second kappa shape index (κ2) is 3.77. The third kappa shape index (κ3) is 1.76. The van der Waals surface area contributed by atoms with Crippen molar-refractivity contribution in [2.24, 2.45) is 0 Å². The summed E-state index contributed by atoms with van der Waals surface area (Å²) >= 11 is 0. The van der Waals surface area contributed by atoms with Gasteiger partial charge in [-0.15, -0.1) is 0 Å². The molecule has 0 saturated heterocycles. The molecule has 0 aliphatic carbocycles. The van der Waals surface area contributed by atoms with E-state index in [4.69, 9.17) is 5.11 Å². The highest BCUT2D eigenvalue weighted by molar-refractivity contribution is 5.88. The van der Waals surface area contributed by atoms with Crippen molar-refractivity contribution in [3.8, 4) is 0 Å². The first kappa shape index (κ1) is 8.61. The molecule has 12 heavy (non-hydrogen) atoms. The second-order valence-corrected chi connectivity index (χ2v) is 2.22. The summed E-state index contributed by atoms with van der Waals surface area (Å²) in [7, 11) is 1.73. The van der Waals surface area contributed by atoms with Crippen LogP contribution in [0.1, 0.15) is 16.1 Å². The van der Waals surface area contributed by atoms with Gasteiger partial charge in [0.25, 0.3) is 0 Å². The molecular formula is C7H9N3O2. The lowest BCUT2D eigenvalue weighted by Gasteiger charge is -2.01. The fraction of sp³-hybridized carbons (Fsp3) is 0.286. The average Bonchev–Trinajstić information content (AvgIpc) is 2.05. The Morgan fingerprint density at radius 2 is 2.50 bits per heavy atom. The van der Waals surface area contributed by atoms with Crippen LogP contribution in [0.25, 0.3) is 0 Å². The molecule has 0 radical (unpaired) electrons. The summed E-state index contributed by atoms with van der Waals surface area (Å²) in [5.41, 5.74) is 0.645. The van der Waals surface area contributed by atoms with Gasteiger partial charge >= 0.3 is 5.97 Å². The Kier molecular flexibility index (Phi) is 2.71. The number of carboxylic acids is 1. The lowest BCUT2D eigenvalue weighted by atomic mass is 10.2. The van der Waals surface area contributed by atoms with Crippen molar-refractivity contribution >= 4 is 5.97 Å². The number of aromatic carboxylic acids is 1. The lowest BCUT2D eigenvalue weighted by Crippen LogP contribution is -2.12. The van der Waals surface area contributed by atoms with Crippen LogP contribution in [-0.4, -0.2) is 28.1 Å². The standard InChI is InChI=1S/C7H9N3O2/c1-8-3-6-5(7(11)12)2-9-4-10-6/h2,4,8H,3H2,1H3,(H,11,12). The van der Waals surface area contributed by atoms with Gasteiger partial charge in [-0.25, -0.2) is 14.8 Å². The molecule has 1 aromatic heterocycles. The van der Waals surface area contributed by atoms with E-state index in [1.54, 1.807) is 7.05 Å². The van der Waals surface area contributed by atoms with Crippen LogP contribution in [0.2, 0.25) is 0 Å². The van der Waals surface area contributed by atoms with Gasteiger partial charge in [0.15, 0.2) is 0 Å². The molecule has 0 amide bonds. The number of aromatic nitrogens is 2. The summed E-state index contributed by atoms with van der Waals surface area (Å²) in [5.74, 6) is -0.999. The molecule has 1 rings (SSSR count). The van der Waals surface area contributed by atoms with E-state index < -0.39 is 5.97 Å². The molecule has 0 fully saturated rings. The van der Waals surface area contributed by atoms with Gasteiger partial charge < -0.3 is 10.4 Å². The van der Waals surface area contributed by atoms with Gasteiger partial charge in [-0.2, -0.15) is 0 Å². The molecule has 0 aliphatic heterocycles. The Morgan fingerprint density at radius 1 is 1.75 bits per heavy atom. The van der Waals surface area contributed by atoms with Crippen molar-refractivity contribution in [1.82, 2.24) is 15.3 Å². The zero-order valence-electron chi connectivity index (χ0n) is 6.61. The Hall–Kier alpha value is -1.49. The second-order valence-electron chi connectivity index (χ2n) is 2.22. The van der Waals surface area contributed by atoms with E-state index >= 15 is 0 Å².